The van der Waals surface area contributed by atoms with E-state index in [1.165, 1.54) is 19.3 Å². The number of carbonyl (C=O) groups is 1. The summed E-state index contributed by atoms with van der Waals surface area (Å²) in [5.41, 5.74) is 2.00. The highest BCUT2D eigenvalue weighted by Gasteiger charge is 2.31. The van der Waals surface area contributed by atoms with E-state index in [2.05, 4.69) is 10.2 Å². The summed E-state index contributed by atoms with van der Waals surface area (Å²) in [6.45, 7) is 2.21. The van der Waals surface area contributed by atoms with Crippen molar-refractivity contribution in [2.75, 3.05) is 13.1 Å². The number of carbonyl (C=O) groups excluding carboxylic acids is 1. The molecule has 0 bridgehead atoms. The molecule has 1 amide bonds. The number of piperidine rings is 1. The predicted octanol–water partition coefficient (Wildman–Crippen LogP) is 4.61. The molecule has 2 fully saturated rings. The van der Waals surface area contributed by atoms with Crippen molar-refractivity contribution >= 4 is 17.5 Å². The Morgan fingerprint density at radius 3 is 2.15 bits per heavy atom. The Balaban J connectivity index is 1.45. The van der Waals surface area contributed by atoms with Gasteiger partial charge in [-0.2, -0.15) is 0 Å². The first-order valence-corrected chi connectivity index (χ1v) is 10.4. The summed E-state index contributed by atoms with van der Waals surface area (Å²) in [7, 11) is 0. The Morgan fingerprint density at radius 1 is 0.926 bits per heavy atom. The molecule has 2 aromatic rings. The lowest BCUT2D eigenvalue weighted by molar-refractivity contribution is -0.122. The molecule has 1 saturated carbocycles. The van der Waals surface area contributed by atoms with Crippen LogP contribution in [0.4, 0.5) is 0 Å². The molecule has 2 aliphatic rings. The molecule has 3 nitrogen and oxygen atoms in total. The van der Waals surface area contributed by atoms with Gasteiger partial charge >= 0.3 is 0 Å². The molecule has 0 spiro atoms. The third kappa shape index (κ3) is 4.36. The molecule has 2 aromatic carbocycles. The van der Waals surface area contributed by atoms with Crippen molar-refractivity contribution in [3.63, 3.8) is 0 Å². The minimum atomic E-state index is -0.298. The molecule has 1 aliphatic heterocycles. The zero-order valence-corrected chi connectivity index (χ0v) is 16.4. The molecule has 1 heterocycles. The van der Waals surface area contributed by atoms with Gasteiger partial charge in [-0.25, -0.2) is 0 Å². The van der Waals surface area contributed by atoms with Crippen molar-refractivity contribution in [3.05, 3.63) is 70.7 Å². The first-order valence-electron chi connectivity index (χ1n) is 10.1. The fourth-order valence-electron chi connectivity index (χ4n) is 4.24. The molecular weight excluding hydrogens is 356 g/mol. The topological polar surface area (TPSA) is 32.3 Å². The van der Waals surface area contributed by atoms with Crippen LogP contribution in [0.1, 0.15) is 49.1 Å². The Labute approximate surface area is 166 Å². The highest BCUT2D eigenvalue weighted by molar-refractivity contribution is 6.30. The Bertz CT molecular complexity index is 750. The molecule has 27 heavy (non-hydrogen) atoms. The second kappa shape index (κ2) is 8.45. The van der Waals surface area contributed by atoms with Gasteiger partial charge in [0.05, 0.1) is 5.92 Å². The third-order valence-corrected chi connectivity index (χ3v) is 6.32. The number of nitrogens with one attached hydrogen (secondary N) is 1. The molecule has 4 heteroatoms. The average molecular weight is 383 g/mol. The van der Waals surface area contributed by atoms with Crippen molar-refractivity contribution < 1.29 is 4.79 Å². The number of halogens is 1. The molecule has 1 N–H and O–H groups in total. The first-order chi connectivity index (χ1) is 13.2. The third-order valence-electron chi connectivity index (χ3n) is 6.07. The molecule has 1 unspecified atom stereocenters. The lowest BCUT2D eigenvalue weighted by atomic mass is 9.88. The quantitative estimate of drug-likeness (QED) is 0.819. The van der Waals surface area contributed by atoms with E-state index in [1.807, 2.05) is 54.6 Å². The zero-order valence-electron chi connectivity index (χ0n) is 15.6. The van der Waals surface area contributed by atoms with Gasteiger partial charge in [0.25, 0.3) is 0 Å². The number of hydrogen-bond donors (Lipinski definition) is 1. The van der Waals surface area contributed by atoms with Crippen molar-refractivity contribution in [1.29, 1.82) is 0 Å². The van der Waals surface area contributed by atoms with E-state index in [0.29, 0.717) is 5.02 Å². The number of hydrogen-bond acceptors (Lipinski definition) is 2. The lowest BCUT2D eigenvalue weighted by Gasteiger charge is -2.42. The van der Waals surface area contributed by atoms with Crippen molar-refractivity contribution in [1.82, 2.24) is 10.2 Å². The molecule has 4 rings (SSSR count). The highest BCUT2D eigenvalue weighted by atomic mass is 35.5. The van der Waals surface area contributed by atoms with Gasteiger partial charge in [0, 0.05) is 30.2 Å². The van der Waals surface area contributed by atoms with Gasteiger partial charge in [-0.1, -0.05) is 60.5 Å². The van der Waals surface area contributed by atoms with Gasteiger partial charge in [0.1, 0.15) is 0 Å². The van der Waals surface area contributed by atoms with Crippen LogP contribution in [0.3, 0.4) is 0 Å². The Morgan fingerprint density at radius 2 is 1.56 bits per heavy atom. The second-order valence-electron chi connectivity index (χ2n) is 7.80. The van der Waals surface area contributed by atoms with Crippen LogP contribution >= 0.6 is 11.6 Å². The van der Waals surface area contributed by atoms with Crippen molar-refractivity contribution in [3.8, 4) is 0 Å². The maximum Gasteiger partial charge on any atom is 0.232 e. The van der Waals surface area contributed by atoms with Crippen LogP contribution < -0.4 is 5.32 Å². The van der Waals surface area contributed by atoms with Crippen LogP contribution in [0.5, 0.6) is 0 Å². The highest BCUT2D eigenvalue weighted by Crippen LogP contribution is 2.29. The van der Waals surface area contributed by atoms with Gasteiger partial charge in [0.2, 0.25) is 5.91 Å². The van der Waals surface area contributed by atoms with Gasteiger partial charge in [-0.05, 0) is 48.9 Å². The van der Waals surface area contributed by atoms with E-state index in [4.69, 9.17) is 11.6 Å². The largest absolute Gasteiger partial charge is 0.352 e. The molecule has 1 atom stereocenters. The number of rotatable bonds is 5. The van der Waals surface area contributed by atoms with Crippen LogP contribution in [-0.2, 0) is 4.79 Å². The number of likely N-dealkylation sites (tertiary alicyclic amines) is 1. The van der Waals surface area contributed by atoms with Gasteiger partial charge < -0.3 is 10.2 Å². The smallest absolute Gasteiger partial charge is 0.232 e. The summed E-state index contributed by atoms with van der Waals surface area (Å²) in [4.78, 5) is 15.8. The summed E-state index contributed by atoms with van der Waals surface area (Å²) >= 11 is 6.05. The van der Waals surface area contributed by atoms with E-state index in [-0.39, 0.29) is 17.9 Å². The summed E-state index contributed by atoms with van der Waals surface area (Å²) in [6, 6.07) is 18.7. The van der Waals surface area contributed by atoms with E-state index >= 15 is 0 Å². The van der Waals surface area contributed by atoms with Gasteiger partial charge in [0.15, 0.2) is 0 Å². The maximum atomic E-state index is 13.2. The second-order valence-corrected chi connectivity index (χ2v) is 8.24. The molecule has 1 saturated heterocycles. The van der Waals surface area contributed by atoms with E-state index in [1.54, 1.807) is 0 Å². The number of nitrogens with zero attached hydrogens (tertiary/aromatic N) is 1. The molecule has 142 valence electrons. The minimum Gasteiger partial charge on any atom is -0.352 e. The normalized spacial score (nSPS) is 20.0. The zero-order chi connectivity index (χ0) is 18.6. The Hall–Kier alpha value is -1.84. The lowest BCUT2D eigenvalue weighted by Crippen LogP contribution is -2.50. The summed E-state index contributed by atoms with van der Waals surface area (Å²) < 4.78 is 0. The van der Waals surface area contributed by atoms with Crippen LogP contribution in [-0.4, -0.2) is 36.0 Å². The van der Waals surface area contributed by atoms with Gasteiger partial charge in [-0.3, -0.25) is 4.79 Å². The van der Waals surface area contributed by atoms with Gasteiger partial charge in [-0.15, -0.1) is 0 Å². The van der Waals surface area contributed by atoms with Crippen LogP contribution in [0.25, 0.3) is 0 Å². The number of benzene rings is 2. The molecule has 1 aliphatic carbocycles. The SMILES string of the molecule is O=C(NC1CCN(C2CCC2)CC1)C(c1ccccc1)c1ccc(Cl)cc1. The first kappa shape index (κ1) is 18.5. The summed E-state index contributed by atoms with van der Waals surface area (Å²) in [6.07, 6.45) is 6.17. The van der Waals surface area contributed by atoms with Crippen LogP contribution in [0, 0.1) is 0 Å². The summed E-state index contributed by atoms with van der Waals surface area (Å²) in [5.74, 6) is -0.209. The molecular formula is C23H27ClN2O. The summed E-state index contributed by atoms with van der Waals surface area (Å²) in [5, 5.41) is 4.02. The van der Waals surface area contributed by atoms with Crippen molar-refractivity contribution in [2.24, 2.45) is 0 Å². The van der Waals surface area contributed by atoms with E-state index < -0.39 is 0 Å². The van der Waals surface area contributed by atoms with Crippen LogP contribution in [0.15, 0.2) is 54.6 Å². The van der Waals surface area contributed by atoms with Crippen LogP contribution in [0.2, 0.25) is 5.02 Å². The Kier molecular flexibility index (Phi) is 5.80. The monoisotopic (exact) mass is 382 g/mol. The standard InChI is InChI=1S/C23H27ClN2O/c24-19-11-9-18(10-12-19)22(17-5-2-1-3-6-17)23(27)25-20-13-15-26(16-14-20)21-7-4-8-21/h1-3,5-6,9-12,20-22H,4,7-8,13-16H2,(H,25,27). The fourth-order valence-corrected chi connectivity index (χ4v) is 4.37. The molecule has 0 radical (unpaired) electrons. The average Bonchev–Trinajstić information content (AvgIpc) is 2.65. The number of amides is 1. The van der Waals surface area contributed by atoms with E-state index in [9.17, 15) is 4.79 Å². The van der Waals surface area contributed by atoms with Crippen molar-refractivity contribution in [2.45, 2.75) is 50.1 Å². The predicted molar refractivity (Wildman–Crippen MR) is 110 cm³/mol. The fraction of sp³-hybridized carbons (Fsp3) is 0.435. The molecule has 0 aromatic heterocycles. The minimum absolute atomic E-state index is 0.0885. The van der Waals surface area contributed by atoms with E-state index in [0.717, 1.165) is 43.1 Å². The maximum absolute atomic E-state index is 13.2.